The highest BCUT2D eigenvalue weighted by Gasteiger charge is 2.15. The fourth-order valence-corrected chi connectivity index (χ4v) is 2.30. The topological polar surface area (TPSA) is 55.1 Å². The van der Waals surface area contributed by atoms with Gasteiger partial charge >= 0.3 is 0 Å². The van der Waals surface area contributed by atoms with Crippen molar-refractivity contribution in [2.75, 3.05) is 11.9 Å². The van der Waals surface area contributed by atoms with E-state index in [1.54, 1.807) is 0 Å². The van der Waals surface area contributed by atoms with Gasteiger partial charge in [0.25, 0.3) is 5.91 Å². The number of rotatable bonds is 4. The van der Waals surface area contributed by atoms with Gasteiger partial charge in [0.1, 0.15) is 0 Å². The predicted molar refractivity (Wildman–Crippen MR) is 79.3 cm³/mol. The first-order chi connectivity index (χ1) is 9.15. The van der Waals surface area contributed by atoms with Crippen molar-refractivity contribution in [3.8, 4) is 11.1 Å². The van der Waals surface area contributed by atoms with Crippen LogP contribution in [-0.4, -0.2) is 12.5 Å². The Morgan fingerprint density at radius 3 is 2.42 bits per heavy atom. The lowest BCUT2D eigenvalue weighted by Gasteiger charge is -2.15. The first kappa shape index (κ1) is 13.1. The number of nitrogens with one attached hydrogen (secondary N) is 1. The Morgan fingerprint density at radius 1 is 1.16 bits per heavy atom. The summed E-state index contributed by atoms with van der Waals surface area (Å²) in [4.78, 5) is 11.7. The van der Waals surface area contributed by atoms with Crippen LogP contribution >= 0.6 is 0 Å². The van der Waals surface area contributed by atoms with E-state index in [1.165, 1.54) is 0 Å². The molecule has 0 aliphatic rings. The molecule has 0 aliphatic heterocycles. The SMILES string of the molecule is CCNc1ccc(-c2ccccc2)c(C)c1C(N)=O. The molecule has 0 radical (unpaired) electrons. The van der Waals surface area contributed by atoms with E-state index in [-0.39, 0.29) is 0 Å². The van der Waals surface area contributed by atoms with Gasteiger partial charge in [0.05, 0.1) is 5.56 Å². The van der Waals surface area contributed by atoms with Gasteiger partial charge in [-0.15, -0.1) is 0 Å². The van der Waals surface area contributed by atoms with Crippen LogP contribution in [0.2, 0.25) is 0 Å². The number of primary amides is 1. The fraction of sp³-hybridized carbons (Fsp3) is 0.188. The van der Waals surface area contributed by atoms with Crippen molar-refractivity contribution in [1.29, 1.82) is 0 Å². The minimum Gasteiger partial charge on any atom is -0.385 e. The molecule has 0 spiro atoms. The van der Waals surface area contributed by atoms with Crippen LogP contribution in [0.3, 0.4) is 0 Å². The molecule has 3 nitrogen and oxygen atoms in total. The van der Waals surface area contributed by atoms with E-state index < -0.39 is 5.91 Å². The largest absolute Gasteiger partial charge is 0.385 e. The number of benzene rings is 2. The van der Waals surface area contributed by atoms with E-state index in [0.29, 0.717) is 5.56 Å². The molecule has 0 aromatic heterocycles. The normalized spacial score (nSPS) is 10.2. The standard InChI is InChI=1S/C16H18N2O/c1-3-18-14-10-9-13(11(2)15(14)16(17)19)12-7-5-4-6-8-12/h4-10,18H,3H2,1-2H3,(H2,17,19). The van der Waals surface area contributed by atoms with Crippen molar-refractivity contribution >= 4 is 11.6 Å². The molecule has 0 aliphatic carbocycles. The average molecular weight is 254 g/mol. The van der Waals surface area contributed by atoms with Crippen molar-refractivity contribution < 1.29 is 4.79 Å². The number of anilines is 1. The Kier molecular flexibility index (Phi) is 3.85. The highest BCUT2D eigenvalue weighted by molar-refractivity contribution is 6.01. The summed E-state index contributed by atoms with van der Waals surface area (Å²) in [5.74, 6) is -0.397. The zero-order chi connectivity index (χ0) is 13.8. The summed E-state index contributed by atoms with van der Waals surface area (Å²) in [5.41, 5.74) is 9.92. The lowest BCUT2D eigenvalue weighted by molar-refractivity contribution is 0.100. The summed E-state index contributed by atoms with van der Waals surface area (Å²) >= 11 is 0. The summed E-state index contributed by atoms with van der Waals surface area (Å²) in [5, 5.41) is 3.18. The summed E-state index contributed by atoms with van der Waals surface area (Å²) in [6.07, 6.45) is 0. The van der Waals surface area contributed by atoms with Crippen LogP contribution in [0.5, 0.6) is 0 Å². The first-order valence-corrected chi connectivity index (χ1v) is 6.37. The molecule has 1 amide bonds. The average Bonchev–Trinajstić information content (AvgIpc) is 2.40. The van der Waals surface area contributed by atoms with Gasteiger partial charge in [-0.1, -0.05) is 36.4 Å². The van der Waals surface area contributed by atoms with Crippen LogP contribution in [0.1, 0.15) is 22.8 Å². The van der Waals surface area contributed by atoms with Gasteiger partial charge in [-0.3, -0.25) is 4.79 Å². The maximum atomic E-state index is 11.7. The summed E-state index contributed by atoms with van der Waals surface area (Å²) in [6.45, 7) is 4.68. The van der Waals surface area contributed by atoms with Crippen molar-refractivity contribution in [3.05, 3.63) is 53.6 Å². The van der Waals surface area contributed by atoms with Crippen LogP contribution in [-0.2, 0) is 0 Å². The number of amides is 1. The second-order valence-corrected chi connectivity index (χ2v) is 4.42. The van der Waals surface area contributed by atoms with Gasteiger partial charge in [0.15, 0.2) is 0 Å². The van der Waals surface area contributed by atoms with Crippen molar-refractivity contribution in [3.63, 3.8) is 0 Å². The van der Waals surface area contributed by atoms with Crippen molar-refractivity contribution in [2.45, 2.75) is 13.8 Å². The zero-order valence-electron chi connectivity index (χ0n) is 11.2. The van der Waals surface area contributed by atoms with E-state index in [2.05, 4.69) is 5.32 Å². The molecule has 3 heteroatoms. The van der Waals surface area contributed by atoms with Gasteiger partial charge in [0, 0.05) is 12.2 Å². The lowest BCUT2D eigenvalue weighted by atomic mass is 9.94. The number of carbonyl (C=O) groups excluding carboxylic acids is 1. The fourth-order valence-electron chi connectivity index (χ4n) is 2.30. The number of hydrogen-bond acceptors (Lipinski definition) is 2. The molecule has 0 bridgehead atoms. The summed E-state index contributed by atoms with van der Waals surface area (Å²) in [6, 6.07) is 13.9. The molecule has 0 saturated heterocycles. The smallest absolute Gasteiger partial charge is 0.251 e. The van der Waals surface area contributed by atoms with Gasteiger partial charge in [-0.05, 0) is 36.6 Å². The third-order valence-corrected chi connectivity index (χ3v) is 3.16. The zero-order valence-corrected chi connectivity index (χ0v) is 11.2. The maximum Gasteiger partial charge on any atom is 0.251 e. The van der Waals surface area contributed by atoms with Gasteiger partial charge in [-0.25, -0.2) is 0 Å². The molecule has 2 aromatic rings. The molecular weight excluding hydrogens is 236 g/mol. The van der Waals surface area contributed by atoms with Crippen molar-refractivity contribution in [2.24, 2.45) is 5.73 Å². The Balaban J connectivity index is 2.60. The van der Waals surface area contributed by atoms with E-state index >= 15 is 0 Å². The van der Waals surface area contributed by atoms with Crippen LogP contribution in [0.15, 0.2) is 42.5 Å². The monoisotopic (exact) mass is 254 g/mol. The molecule has 2 aromatic carbocycles. The number of carbonyl (C=O) groups is 1. The van der Waals surface area contributed by atoms with E-state index in [1.807, 2.05) is 56.3 Å². The second kappa shape index (κ2) is 5.57. The molecule has 3 N–H and O–H groups in total. The van der Waals surface area contributed by atoms with Crippen LogP contribution in [0.4, 0.5) is 5.69 Å². The second-order valence-electron chi connectivity index (χ2n) is 4.42. The third-order valence-electron chi connectivity index (χ3n) is 3.16. The molecule has 0 heterocycles. The number of nitrogens with two attached hydrogens (primary N) is 1. The van der Waals surface area contributed by atoms with Crippen molar-refractivity contribution in [1.82, 2.24) is 0 Å². The highest BCUT2D eigenvalue weighted by Crippen LogP contribution is 2.30. The lowest BCUT2D eigenvalue weighted by Crippen LogP contribution is -2.16. The Labute approximate surface area is 113 Å². The predicted octanol–water partition coefficient (Wildman–Crippen LogP) is 3.19. The maximum absolute atomic E-state index is 11.7. The Hall–Kier alpha value is -2.29. The molecule has 0 atom stereocenters. The van der Waals surface area contributed by atoms with Crippen LogP contribution in [0.25, 0.3) is 11.1 Å². The van der Waals surface area contributed by atoms with Crippen LogP contribution in [0, 0.1) is 6.92 Å². The van der Waals surface area contributed by atoms with Gasteiger partial charge in [0.2, 0.25) is 0 Å². The van der Waals surface area contributed by atoms with Gasteiger partial charge in [-0.2, -0.15) is 0 Å². The minimum absolute atomic E-state index is 0.397. The molecule has 98 valence electrons. The summed E-state index contributed by atoms with van der Waals surface area (Å²) < 4.78 is 0. The molecular formula is C16H18N2O. The van der Waals surface area contributed by atoms with Gasteiger partial charge < -0.3 is 11.1 Å². The Morgan fingerprint density at radius 2 is 1.84 bits per heavy atom. The van der Waals surface area contributed by atoms with E-state index in [4.69, 9.17) is 5.73 Å². The summed E-state index contributed by atoms with van der Waals surface area (Å²) in [7, 11) is 0. The molecule has 19 heavy (non-hydrogen) atoms. The van der Waals surface area contributed by atoms with Crippen LogP contribution < -0.4 is 11.1 Å². The molecule has 0 saturated carbocycles. The Bertz CT molecular complexity index is 591. The first-order valence-electron chi connectivity index (χ1n) is 6.37. The highest BCUT2D eigenvalue weighted by atomic mass is 16.1. The van der Waals surface area contributed by atoms with E-state index in [9.17, 15) is 4.79 Å². The molecule has 0 fully saturated rings. The quantitative estimate of drug-likeness (QED) is 0.880. The molecule has 2 rings (SSSR count). The number of hydrogen-bond donors (Lipinski definition) is 2. The third kappa shape index (κ3) is 2.60. The van der Waals surface area contributed by atoms with E-state index in [0.717, 1.165) is 28.9 Å². The molecule has 0 unspecified atom stereocenters. The minimum atomic E-state index is -0.397.